The molecule has 0 aromatic heterocycles. The molecule has 1 amide bonds. The summed E-state index contributed by atoms with van der Waals surface area (Å²) in [4.78, 5) is 26.5. The average molecular weight is 462 g/mol. The summed E-state index contributed by atoms with van der Waals surface area (Å²) in [5.74, 6) is -1.23. The summed E-state index contributed by atoms with van der Waals surface area (Å²) < 4.78 is 5.72. The quantitative estimate of drug-likeness (QED) is 0.536. The van der Waals surface area contributed by atoms with Crippen LogP contribution in [0.1, 0.15) is 29.0 Å². The van der Waals surface area contributed by atoms with Crippen molar-refractivity contribution in [2.24, 2.45) is 5.92 Å². The Bertz CT molecular complexity index is 1150. The van der Waals surface area contributed by atoms with Crippen molar-refractivity contribution in [3.63, 3.8) is 0 Å². The second-order valence-electron chi connectivity index (χ2n) is 8.66. The zero-order valence-corrected chi connectivity index (χ0v) is 18.7. The van der Waals surface area contributed by atoms with Crippen LogP contribution < -0.4 is 0 Å². The lowest BCUT2D eigenvalue weighted by Gasteiger charge is -2.25. The summed E-state index contributed by atoms with van der Waals surface area (Å²) >= 11 is 5.96. The van der Waals surface area contributed by atoms with Crippen LogP contribution >= 0.6 is 11.6 Å². The zero-order chi connectivity index (χ0) is 22.9. The molecule has 1 fully saturated rings. The predicted molar refractivity (Wildman–Crippen MR) is 126 cm³/mol. The summed E-state index contributed by atoms with van der Waals surface area (Å²) in [6.45, 7) is 0.545. The van der Waals surface area contributed by atoms with E-state index in [1.54, 1.807) is 12.1 Å². The molecule has 5 rings (SSSR count). The molecule has 6 heteroatoms. The Balaban J connectivity index is 1.30. The number of aliphatic carboxylic acids is 1. The van der Waals surface area contributed by atoms with Gasteiger partial charge in [-0.2, -0.15) is 0 Å². The van der Waals surface area contributed by atoms with Crippen molar-refractivity contribution in [1.29, 1.82) is 0 Å². The van der Waals surface area contributed by atoms with Gasteiger partial charge in [0.05, 0.1) is 0 Å². The van der Waals surface area contributed by atoms with Gasteiger partial charge in [-0.15, -0.1) is 0 Å². The number of rotatable bonds is 5. The average Bonchev–Trinajstić information content (AvgIpc) is 3.38. The molecule has 0 saturated carbocycles. The SMILES string of the molecule is O=C(O)[C@H]1[C@@H](Cc2ccc(Cl)cc2)CCN1C(=O)OCC1c2ccccc2-c2ccccc21. The monoisotopic (exact) mass is 461 g/mol. The van der Waals surface area contributed by atoms with Crippen molar-refractivity contribution >= 4 is 23.7 Å². The summed E-state index contributed by atoms with van der Waals surface area (Å²) in [7, 11) is 0. The third-order valence-electron chi connectivity index (χ3n) is 6.76. The van der Waals surface area contributed by atoms with Crippen molar-refractivity contribution in [2.75, 3.05) is 13.2 Å². The number of hydrogen-bond donors (Lipinski definition) is 1. The van der Waals surface area contributed by atoms with Crippen LogP contribution in [0.3, 0.4) is 0 Å². The molecule has 33 heavy (non-hydrogen) atoms. The number of fused-ring (bicyclic) bond motifs is 3. The topological polar surface area (TPSA) is 66.8 Å². The maximum absolute atomic E-state index is 13.0. The van der Waals surface area contributed by atoms with Gasteiger partial charge < -0.3 is 9.84 Å². The van der Waals surface area contributed by atoms with Crippen LogP contribution in [0, 0.1) is 5.92 Å². The number of likely N-dealkylation sites (tertiary alicyclic amines) is 1. The number of carbonyl (C=O) groups is 2. The van der Waals surface area contributed by atoms with E-state index in [2.05, 4.69) is 24.3 Å². The lowest BCUT2D eigenvalue weighted by molar-refractivity contribution is -0.143. The van der Waals surface area contributed by atoms with Crippen molar-refractivity contribution in [2.45, 2.75) is 24.8 Å². The molecule has 2 atom stereocenters. The van der Waals surface area contributed by atoms with Crippen molar-refractivity contribution < 1.29 is 19.4 Å². The van der Waals surface area contributed by atoms with E-state index in [0.29, 0.717) is 24.4 Å². The van der Waals surface area contributed by atoms with Gasteiger partial charge in [-0.1, -0.05) is 72.3 Å². The summed E-state index contributed by atoms with van der Waals surface area (Å²) in [5, 5.41) is 10.5. The van der Waals surface area contributed by atoms with Gasteiger partial charge in [-0.05, 0) is 58.7 Å². The molecule has 0 radical (unpaired) electrons. The lowest BCUT2D eigenvalue weighted by atomic mass is 9.92. The maximum atomic E-state index is 13.0. The van der Waals surface area contributed by atoms with E-state index in [-0.39, 0.29) is 18.4 Å². The minimum atomic E-state index is -1.00. The summed E-state index contributed by atoms with van der Waals surface area (Å²) in [6, 6.07) is 22.8. The van der Waals surface area contributed by atoms with Gasteiger partial charge in [-0.3, -0.25) is 4.90 Å². The number of amides is 1. The molecule has 0 unspecified atom stereocenters. The van der Waals surface area contributed by atoms with E-state index in [1.165, 1.54) is 4.90 Å². The van der Waals surface area contributed by atoms with Crippen LogP contribution in [-0.2, 0) is 16.0 Å². The number of halogens is 1. The van der Waals surface area contributed by atoms with E-state index >= 15 is 0 Å². The zero-order valence-electron chi connectivity index (χ0n) is 18.0. The Morgan fingerprint density at radius 3 is 2.15 bits per heavy atom. The van der Waals surface area contributed by atoms with Crippen LogP contribution in [-0.4, -0.2) is 41.3 Å². The number of carbonyl (C=O) groups excluding carboxylic acids is 1. The number of ether oxygens (including phenoxy) is 1. The smallest absolute Gasteiger partial charge is 0.410 e. The fraction of sp³-hybridized carbons (Fsp3) is 0.259. The van der Waals surface area contributed by atoms with Gasteiger partial charge >= 0.3 is 12.1 Å². The van der Waals surface area contributed by atoms with Crippen LogP contribution in [0.2, 0.25) is 5.02 Å². The number of nitrogens with zero attached hydrogens (tertiary/aromatic N) is 1. The minimum Gasteiger partial charge on any atom is -0.480 e. The number of carboxylic acid groups (broad SMARTS) is 1. The largest absolute Gasteiger partial charge is 0.480 e. The molecule has 1 saturated heterocycles. The van der Waals surface area contributed by atoms with E-state index in [4.69, 9.17) is 16.3 Å². The van der Waals surface area contributed by atoms with Gasteiger partial charge in [-0.25, -0.2) is 9.59 Å². The van der Waals surface area contributed by atoms with Gasteiger partial charge in [0.1, 0.15) is 12.6 Å². The highest BCUT2D eigenvalue weighted by atomic mass is 35.5. The predicted octanol–water partition coefficient (Wildman–Crippen LogP) is 5.61. The first-order valence-corrected chi connectivity index (χ1v) is 11.5. The van der Waals surface area contributed by atoms with Crippen LogP contribution in [0.25, 0.3) is 11.1 Å². The number of benzene rings is 3. The van der Waals surface area contributed by atoms with E-state index in [0.717, 1.165) is 27.8 Å². The molecule has 1 aliphatic heterocycles. The van der Waals surface area contributed by atoms with Gasteiger partial charge in [0.2, 0.25) is 0 Å². The van der Waals surface area contributed by atoms with E-state index < -0.39 is 18.1 Å². The summed E-state index contributed by atoms with van der Waals surface area (Å²) in [6.07, 6.45) is 0.619. The van der Waals surface area contributed by atoms with Crippen molar-refractivity contribution in [3.05, 3.63) is 94.5 Å². The highest BCUT2D eigenvalue weighted by Crippen LogP contribution is 2.44. The normalized spacial score (nSPS) is 19.2. The fourth-order valence-corrected chi connectivity index (χ4v) is 5.34. The van der Waals surface area contributed by atoms with Gasteiger partial charge in [0, 0.05) is 17.5 Å². The third kappa shape index (κ3) is 4.09. The Morgan fingerprint density at radius 1 is 0.939 bits per heavy atom. The maximum Gasteiger partial charge on any atom is 0.410 e. The van der Waals surface area contributed by atoms with E-state index in [9.17, 15) is 14.7 Å². The van der Waals surface area contributed by atoms with Crippen molar-refractivity contribution in [1.82, 2.24) is 4.90 Å². The molecule has 0 bridgehead atoms. The summed E-state index contributed by atoms with van der Waals surface area (Å²) in [5.41, 5.74) is 5.57. The molecular formula is C27H24ClNO4. The molecule has 3 aromatic carbocycles. The molecule has 1 heterocycles. The Morgan fingerprint density at radius 2 is 1.55 bits per heavy atom. The van der Waals surface area contributed by atoms with Gasteiger partial charge in [0.15, 0.2) is 0 Å². The fourth-order valence-electron chi connectivity index (χ4n) is 5.21. The Kier molecular flexibility index (Phi) is 5.81. The van der Waals surface area contributed by atoms with Gasteiger partial charge in [0.25, 0.3) is 0 Å². The Hall–Kier alpha value is -3.31. The molecule has 1 aliphatic carbocycles. The lowest BCUT2D eigenvalue weighted by Crippen LogP contribution is -2.44. The molecule has 1 N–H and O–H groups in total. The third-order valence-corrected chi connectivity index (χ3v) is 7.01. The standard InChI is InChI=1S/C27H24ClNO4/c28-19-11-9-17(10-12-19)15-18-13-14-29(25(18)26(30)31)27(32)33-16-24-22-7-3-1-5-20(22)21-6-2-4-8-23(21)24/h1-12,18,24-25H,13-16H2,(H,30,31)/t18-,25-/m1/s1. The van der Waals surface area contributed by atoms with E-state index in [1.807, 2.05) is 36.4 Å². The second-order valence-corrected chi connectivity index (χ2v) is 9.10. The van der Waals surface area contributed by atoms with Crippen LogP contribution in [0.5, 0.6) is 0 Å². The second kappa shape index (κ2) is 8.91. The highest BCUT2D eigenvalue weighted by Gasteiger charge is 2.43. The molecule has 0 spiro atoms. The first-order chi connectivity index (χ1) is 16.0. The molecular weight excluding hydrogens is 438 g/mol. The van der Waals surface area contributed by atoms with Crippen LogP contribution in [0.15, 0.2) is 72.8 Å². The minimum absolute atomic E-state index is 0.0582. The highest BCUT2D eigenvalue weighted by molar-refractivity contribution is 6.30. The number of hydrogen-bond acceptors (Lipinski definition) is 3. The molecule has 2 aliphatic rings. The Labute approximate surface area is 197 Å². The first kappa shape index (κ1) is 21.5. The molecule has 5 nitrogen and oxygen atoms in total. The van der Waals surface area contributed by atoms with Crippen LogP contribution in [0.4, 0.5) is 4.79 Å². The molecule has 168 valence electrons. The van der Waals surface area contributed by atoms with Crippen molar-refractivity contribution in [3.8, 4) is 11.1 Å². The first-order valence-electron chi connectivity index (χ1n) is 11.1. The molecule has 3 aromatic rings. The number of carboxylic acids is 1.